The molecular formula is C16H22Cl2N2O2. The minimum absolute atomic E-state index is 0.127. The fraction of sp³-hybridized carbons (Fsp3) is 0.562. The number of hydrogen-bond donors (Lipinski definition) is 1. The van der Waals surface area contributed by atoms with Crippen LogP contribution >= 0.6 is 23.2 Å². The third kappa shape index (κ3) is 4.28. The molecule has 1 heterocycles. The van der Waals surface area contributed by atoms with E-state index in [1.54, 1.807) is 25.1 Å². The van der Waals surface area contributed by atoms with Crippen LogP contribution in [0.4, 0.5) is 0 Å². The molecule has 2 rings (SSSR count). The highest BCUT2D eigenvalue weighted by Gasteiger charge is 2.27. The number of benzene rings is 1. The average molecular weight is 345 g/mol. The molecule has 0 bridgehead atoms. The van der Waals surface area contributed by atoms with Crippen molar-refractivity contribution < 1.29 is 9.53 Å². The zero-order chi connectivity index (χ0) is 16.3. The number of hydrogen-bond acceptors (Lipinski definition) is 3. The van der Waals surface area contributed by atoms with Gasteiger partial charge in [0.25, 0.3) is 5.91 Å². The number of carbonyl (C=O) groups is 1. The predicted molar refractivity (Wildman–Crippen MR) is 89.8 cm³/mol. The maximum atomic E-state index is 12.3. The van der Waals surface area contributed by atoms with Crippen molar-refractivity contribution in [1.82, 2.24) is 10.2 Å². The van der Waals surface area contributed by atoms with Gasteiger partial charge in [-0.1, -0.05) is 36.2 Å². The Balaban J connectivity index is 1.93. The van der Waals surface area contributed by atoms with E-state index in [9.17, 15) is 4.79 Å². The molecule has 6 heteroatoms. The molecule has 0 aromatic heterocycles. The lowest BCUT2D eigenvalue weighted by atomic mass is 9.94. The van der Waals surface area contributed by atoms with Gasteiger partial charge in [-0.05, 0) is 45.0 Å². The number of nitrogens with one attached hydrogen (secondary N) is 1. The van der Waals surface area contributed by atoms with E-state index in [0.717, 1.165) is 19.5 Å². The molecule has 122 valence electrons. The van der Waals surface area contributed by atoms with Crippen molar-refractivity contribution in [3.05, 3.63) is 28.2 Å². The number of carbonyl (C=O) groups excluding carboxylic acids is 1. The van der Waals surface area contributed by atoms with Crippen LogP contribution in [-0.4, -0.2) is 43.1 Å². The Morgan fingerprint density at radius 1 is 1.45 bits per heavy atom. The largest absolute Gasteiger partial charge is 0.479 e. The second-order valence-corrected chi connectivity index (χ2v) is 6.74. The maximum absolute atomic E-state index is 12.3. The summed E-state index contributed by atoms with van der Waals surface area (Å²) >= 11 is 12.0. The molecule has 0 saturated carbocycles. The molecule has 0 aliphatic carbocycles. The zero-order valence-electron chi connectivity index (χ0n) is 13.1. The van der Waals surface area contributed by atoms with Crippen LogP contribution in [0.2, 0.25) is 10.0 Å². The molecule has 0 unspecified atom stereocenters. The molecule has 22 heavy (non-hydrogen) atoms. The molecule has 1 aliphatic heterocycles. The first-order valence-electron chi connectivity index (χ1n) is 7.48. The molecule has 1 aliphatic rings. The molecule has 1 saturated heterocycles. The summed E-state index contributed by atoms with van der Waals surface area (Å²) in [5.41, 5.74) is 0. The van der Waals surface area contributed by atoms with Crippen LogP contribution in [0.25, 0.3) is 0 Å². The Labute approximate surface area is 141 Å². The van der Waals surface area contributed by atoms with E-state index < -0.39 is 6.10 Å². The predicted octanol–water partition coefficient (Wildman–Crippen LogP) is 3.22. The van der Waals surface area contributed by atoms with E-state index in [1.165, 1.54) is 0 Å². The SMILES string of the molecule is C[C@H](Oc1cccc(Cl)c1Cl)C(=O)N[C@@H]1CCN(C)C[C@@H]1C. The highest BCUT2D eigenvalue weighted by Crippen LogP contribution is 2.32. The highest BCUT2D eigenvalue weighted by molar-refractivity contribution is 6.42. The molecule has 0 spiro atoms. The van der Waals surface area contributed by atoms with Crippen LogP contribution in [0, 0.1) is 5.92 Å². The molecule has 3 atom stereocenters. The average Bonchev–Trinajstić information content (AvgIpc) is 2.46. The lowest BCUT2D eigenvalue weighted by Crippen LogP contribution is -2.51. The first kappa shape index (κ1) is 17.4. The van der Waals surface area contributed by atoms with E-state index >= 15 is 0 Å². The summed E-state index contributed by atoms with van der Waals surface area (Å²) in [7, 11) is 2.10. The second kappa shape index (κ2) is 7.53. The van der Waals surface area contributed by atoms with E-state index in [0.29, 0.717) is 21.7 Å². The Bertz CT molecular complexity index is 539. The van der Waals surface area contributed by atoms with Crippen LogP contribution in [0.15, 0.2) is 18.2 Å². The maximum Gasteiger partial charge on any atom is 0.261 e. The summed E-state index contributed by atoms with van der Waals surface area (Å²) < 4.78 is 5.65. The summed E-state index contributed by atoms with van der Waals surface area (Å²) in [6, 6.07) is 5.31. The van der Waals surface area contributed by atoms with Crippen molar-refractivity contribution in [1.29, 1.82) is 0 Å². The van der Waals surface area contributed by atoms with E-state index in [-0.39, 0.29) is 11.9 Å². The van der Waals surface area contributed by atoms with Crippen molar-refractivity contribution in [2.75, 3.05) is 20.1 Å². The molecular weight excluding hydrogens is 323 g/mol. The number of amides is 1. The first-order valence-corrected chi connectivity index (χ1v) is 8.23. The van der Waals surface area contributed by atoms with Gasteiger partial charge in [-0.2, -0.15) is 0 Å². The van der Waals surface area contributed by atoms with Crippen LogP contribution in [0.1, 0.15) is 20.3 Å². The van der Waals surface area contributed by atoms with Gasteiger partial charge in [0.1, 0.15) is 10.8 Å². The van der Waals surface area contributed by atoms with Crippen molar-refractivity contribution in [2.45, 2.75) is 32.4 Å². The first-order chi connectivity index (χ1) is 10.4. The fourth-order valence-corrected chi connectivity index (χ4v) is 3.02. The van der Waals surface area contributed by atoms with Gasteiger partial charge >= 0.3 is 0 Å². The molecule has 0 radical (unpaired) electrons. The summed E-state index contributed by atoms with van der Waals surface area (Å²) in [5.74, 6) is 0.718. The van der Waals surface area contributed by atoms with Crippen LogP contribution in [-0.2, 0) is 4.79 Å². The minimum Gasteiger partial charge on any atom is -0.479 e. The van der Waals surface area contributed by atoms with E-state index in [1.807, 2.05) is 0 Å². The fourth-order valence-electron chi connectivity index (χ4n) is 2.69. The van der Waals surface area contributed by atoms with E-state index in [4.69, 9.17) is 27.9 Å². The molecule has 4 nitrogen and oxygen atoms in total. The number of nitrogens with zero attached hydrogens (tertiary/aromatic N) is 1. The van der Waals surface area contributed by atoms with Crippen LogP contribution in [0.3, 0.4) is 0 Å². The molecule has 1 amide bonds. The molecule has 1 N–H and O–H groups in total. The third-order valence-electron chi connectivity index (χ3n) is 4.03. The smallest absolute Gasteiger partial charge is 0.261 e. The number of ether oxygens (including phenoxy) is 1. The van der Waals surface area contributed by atoms with Crippen molar-refractivity contribution in [2.24, 2.45) is 5.92 Å². The number of piperidine rings is 1. The lowest BCUT2D eigenvalue weighted by Gasteiger charge is -2.35. The van der Waals surface area contributed by atoms with Crippen molar-refractivity contribution in [3.63, 3.8) is 0 Å². The topological polar surface area (TPSA) is 41.6 Å². The summed E-state index contributed by atoms with van der Waals surface area (Å²) in [6.45, 7) is 5.84. The van der Waals surface area contributed by atoms with E-state index in [2.05, 4.69) is 24.2 Å². The van der Waals surface area contributed by atoms with Gasteiger partial charge in [0.2, 0.25) is 0 Å². The van der Waals surface area contributed by atoms with Gasteiger partial charge in [-0.3, -0.25) is 4.79 Å². The second-order valence-electron chi connectivity index (χ2n) is 5.96. The Kier molecular flexibility index (Phi) is 5.95. The van der Waals surface area contributed by atoms with Gasteiger partial charge < -0.3 is 15.0 Å². The Morgan fingerprint density at radius 3 is 2.86 bits per heavy atom. The quantitative estimate of drug-likeness (QED) is 0.911. The van der Waals surface area contributed by atoms with Gasteiger partial charge in [0, 0.05) is 12.6 Å². The monoisotopic (exact) mass is 344 g/mol. The number of rotatable bonds is 4. The van der Waals surface area contributed by atoms with Crippen molar-refractivity contribution in [3.8, 4) is 5.75 Å². The summed E-state index contributed by atoms with van der Waals surface area (Å²) in [4.78, 5) is 14.6. The number of likely N-dealkylation sites (tertiary alicyclic amines) is 1. The zero-order valence-corrected chi connectivity index (χ0v) is 14.6. The summed E-state index contributed by atoms with van der Waals surface area (Å²) in [6.07, 6.45) is 0.330. The van der Waals surface area contributed by atoms with Crippen LogP contribution in [0.5, 0.6) is 5.75 Å². The standard InChI is InChI=1S/C16H22Cl2N2O2/c1-10-9-20(3)8-7-13(10)19-16(21)11(2)22-14-6-4-5-12(17)15(14)18/h4-6,10-11,13H,7-9H2,1-3H3,(H,19,21)/t10-,11-,13+/m0/s1. The highest BCUT2D eigenvalue weighted by atomic mass is 35.5. The Morgan fingerprint density at radius 2 is 2.18 bits per heavy atom. The van der Waals surface area contributed by atoms with Gasteiger partial charge in [0.15, 0.2) is 6.10 Å². The normalized spacial score (nSPS) is 23.9. The minimum atomic E-state index is -0.622. The Hall–Kier alpha value is -0.970. The van der Waals surface area contributed by atoms with Crippen LogP contribution < -0.4 is 10.1 Å². The lowest BCUT2D eigenvalue weighted by molar-refractivity contribution is -0.128. The number of halogens is 2. The molecule has 1 aromatic carbocycles. The van der Waals surface area contributed by atoms with Crippen molar-refractivity contribution >= 4 is 29.1 Å². The molecule has 1 fully saturated rings. The molecule has 1 aromatic rings. The summed E-state index contributed by atoms with van der Waals surface area (Å²) in [5, 5.41) is 3.82. The van der Waals surface area contributed by atoms with Gasteiger partial charge in [0.05, 0.1) is 5.02 Å². The van der Waals surface area contributed by atoms with Gasteiger partial charge in [-0.25, -0.2) is 0 Å². The third-order valence-corrected chi connectivity index (χ3v) is 4.83. The van der Waals surface area contributed by atoms with Gasteiger partial charge in [-0.15, -0.1) is 0 Å².